The number of esters is 2. The zero-order valence-corrected chi connectivity index (χ0v) is 16.6. The lowest BCUT2D eigenvalue weighted by Crippen LogP contribution is -2.32. The summed E-state index contributed by atoms with van der Waals surface area (Å²) in [7, 11) is 1.21. The molecule has 0 heterocycles. The molecule has 1 amide bonds. The summed E-state index contributed by atoms with van der Waals surface area (Å²) < 4.78 is 15.4. The van der Waals surface area contributed by atoms with Crippen LogP contribution < -0.4 is 10.1 Å². The van der Waals surface area contributed by atoms with Crippen molar-refractivity contribution < 1.29 is 28.6 Å². The molecule has 0 saturated heterocycles. The van der Waals surface area contributed by atoms with Crippen molar-refractivity contribution in [1.82, 2.24) is 5.32 Å². The number of rotatable bonds is 10. The van der Waals surface area contributed by atoms with E-state index < -0.39 is 23.9 Å². The number of hydrogen-bond donors (Lipinski definition) is 1. The first-order valence-corrected chi connectivity index (χ1v) is 9.38. The molecule has 0 aliphatic rings. The Morgan fingerprint density at radius 1 is 1.00 bits per heavy atom. The number of benzene rings is 2. The van der Waals surface area contributed by atoms with Gasteiger partial charge in [0.25, 0.3) is 5.91 Å². The topological polar surface area (TPSA) is 90.9 Å². The van der Waals surface area contributed by atoms with Crippen LogP contribution in [-0.4, -0.2) is 38.1 Å². The van der Waals surface area contributed by atoms with E-state index in [1.807, 2.05) is 0 Å². The van der Waals surface area contributed by atoms with Gasteiger partial charge in [0.15, 0.2) is 0 Å². The molecule has 154 valence electrons. The first-order chi connectivity index (χ1) is 14.0. The number of methoxy groups -OCH3 is 1. The lowest BCUT2D eigenvalue weighted by molar-refractivity contribution is -0.166. The summed E-state index contributed by atoms with van der Waals surface area (Å²) in [5, 5.41) is 2.48. The number of carbonyl (C=O) groups excluding carboxylic acids is 3. The molecule has 1 N–H and O–H groups in total. The van der Waals surface area contributed by atoms with Gasteiger partial charge in [-0.3, -0.25) is 9.59 Å². The van der Waals surface area contributed by atoms with Gasteiger partial charge in [-0.25, -0.2) is 4.79 Å². The molecule has 2 aromatic carbocycles. The third-order valence-electron chi connectivity index (χ3n) is 4.04. The maximum atomic E-state index is 12.2. The molecule has 0 spiro atoms. The molecule has 1 unspecified atom stereocenters. The van der Waals surface area contributed by atoms with Crippen LogP contribution >= 0.6 is 0 Å². The van der Waals surface area contributed by atoms with Crippen molar-refractivity contribution in [3.05, 3.63) is 65.7 Å². The Morgan fingerprint density at radius 2 is 1.69 bits per heavy atom. The fourth-order valence-corrected chi connectivity index (χ4v) is 2.45. The first kappa shape index (κ1) is 21.9. The Hall–Kier alpha value is -3.35. The van der Waals surface area contributed by atoms with Gasteiger partial charge >= 0.3 is 11.9 Å². The summed E-state index contributed by atoms with van der Waals surface area (Å²) in [6.45, 7) is 2.32. The summed E-state index contributed by atoms with van der Waals surface area (Å²) >= 11 is 0. The van der Waals surface area contributed by atoms with Gasteiger partial charge in [-0.1, -0.05) is 43.7 Å². The zero-order chi connectivity index (χ0) is 21.1. The van der Waals surface area contributed by atoms with Crippen molar-refractivity contribution in [3.8, 4) is 5.75 Å². The molecule has 2 aromatic rings. The Labute approximate surface area is 170 Å². The second-order valence-electron chi connectivity index (χ2n) is 6.21. The van der Waals surface area contributed by atoms with Gasteiger partial charge in [0, 0.05) is 11.1 Å². The monoisotopic (exact) mass is 399 g/mol. The molecule has 0 fully saturated rings. The smallest absolute Gasteiger partial charge is 0.351 e. The van der Waals surface area contributed by atoms with Gasteiger partial charge < -0.3 is 19.5 Å². The number of carbonyl (C=O) groups is 3. The molecule has 7 heteroatoms. The fourth-order valence-electron chi connectivity index (χ4n) is 2.45. The Kier molecular flexibility index (Phi) is 8.69. The average Bonchev–Trinajstić information content (AvgIpc) is 2.76. The van der Waals surface area contributed by atoms with Gasteiger partial charge in [0.05, 0.1) is 13.7 Å². The molecule has 7 nitrogen and oxygen atoms in total. The molecule has 2 rings (SSSR count). The largest absolute Gasteiger partial charge is 0.494 e. The highest BCUT2D eigenvalue weighted by Gasteiger charge is 2.25. The van der Waals surface area contributed by atoms with E-state index in [1.54, 1.807) is 54.6 Å². The predicted octanol–water partition coefficient (Wildman–Crippen LogP) is 3.05. The molecular formula is C22H25NO6. The third kappa shape index (κ3) is 6.95. The second-order valence-corrected chi connectivity index (χ2v) is 6.21. The Bertz CT molecular complexity index is 804. The van der Waals surface area contributed by atoms with Crippen molar-refractivity contribution in [2.24, 2.45) is 0 Å². The Balaban J connectivity index is 1.88. The highest BCUT2D eigenvalue weighted by Crippen LogP contribution is 2.19. The molecule has 29 heavy (non-hydrogen) atoms. The van der Waals surface area contributed by atoms with Crippen molar-refractivity contribution in [1.29, 1.82) is 0 Å². The summed E-state index contributed by atoms with van der Waals surface area (Å²) in [5.74, 6) is -1.21. The predicted molar refractivity (Wildman–Crippen MR) is 106 cm³/mol. The van der Waals surface area contributed by atoms with Gasteiger partial charge in [0.1, 0.15) is 12.3 Å². The maximum absolute atomic E-state index is 12.2. The van der Waals surface area contributed by atoms with Crippen LogP contribution in [0.5, 0.6) is 5.75 Å². The third-order valence-corrected chi connectivity index (χ3v) is 4.04. The van der Waals surface area contributed by atoms with E-state index >= 15 is 0 Å². The minimum Gasteiger partial charge on any atom is -0.494 e. The number of nitrogens with one attached hydrogen (secondary N) is 1. The zero-order valence-electron chi connectivity index (χ0n) is 16.6. The summed E-state index contributed by atoms with van der Waals surface area (Å²) in [6.07, 6.45) is 0.808. The lowest BCUT2D eigenvalue weighted by Gasteiger charge is -2.16. The summed E-state index contributed by atoms with van der Waals surface area (Å²) in [5.41, 5.74) is 0.867. The van der Waals surface area contributed by atoms with Crippen molar-refractivity contribution in [2.75, 3.05) is 20.3 Å². The van der Waals surface area contributed by atoms with E-state index in [0.717, 1.165) is 12.8 Å². The van der Waals surface area contributed by atoms with Crippen LogP contribution in [0.25, 0.3) is 0 Å². The number of unbranched alkanes of at least 4 members (excludes halogenated alkanes) is 1. The van der Waals surface area contributed by atoms with Crippen LogP contribution in [0.3, 0.4) is 0 Å². The van der Waals surface area contributed by atoms with Crippen LogP contribution in [0.2, 0.25) is 0 Å². The first-order valence-electron chi connectivity index (χ1n) is 9.38. The molecule has 0 bridgehead atoms. The standard InChI is InChI=1S/C22H25NO6/c1-3-4-14-28-18-12-10-17(11-13-18)21(25)23-15-19(24)29-20(22(26)27-2)16-8-6-5-7-9-16/h5-13,20H,3-4,14-15H2,1-2H3,(H,23,25). The molecule has 0 aromatic heterocycles. The van der Waals surface area contributed by atoms with Crippen molar-refractivity contribution >= 4 is 17.8 Å². The van der Waals surface area contributed by atoms with Gasteiger partial charge in [-0.15, -0.1) is 0 Å². The number of hydrogen-bond acceptors (Lipinski definition) is 6. The van der Waals surface area contributed by atoms with Crippen LogP contribution in [0.15, 0.2) is 54.6 Å². The maximum Gasteiger partial charge on any atom is 0.351 e. The molecular weight excluding hydrogens is 374 g/mol. The van der Waals surface area contributed by atoms with Gasteiger partial charge in [-0.2, -0.15) is 0 Å². The van der Waals surface area contributed by atoms with Gasteiger partial charge in [-0.05, 0) is 30.7 Å². The highest BCUT2D eigenvalue weighted by atomic mass is 16.6. The molecule has 0 aliphatic heterocycles. The van der Waals surface area contributed by atoms with Crippen LogP contribution in [0.4, 0.5) is 0 Å². The molecule has 0 aliphatic carbocycles. The van der Waals surface area contributed by atoms with E-state index in [4.69, 9.17) is 14.2 Å². The van der Waals surface area contributed by atoms with Crippen molar-refractivity contribution in [3.63, 3.8) is 0 Å². The molecule has 0 saturated carbocycles. The Morgan fingerprint density at radius 3 is 2.31 bits per heavy atom. The van der Waals surface area contributed by atoms with Crippen molar-refractivity contribution in [2.45, 2.75) is 25.9 Å². The van der Waals surface area contributed by atoms with E-state index in [0.29, 0.717) is 23.5 Å². The van der Waals surface area contributed by atoms with E-state index in [9.17, 15) is 14.4 Å². The number of ether oxygens (including phenoxy) is 3. The normalized spacial score (nSPS) is 11.2. The van der Waals surface area contributed by atoms with Crippen LogP contribution in [0.1, 0.15) is 41.8 Å². The van der Waals surface area contributed by atoms with Crippen LogP contribution in [0, 0.1) is 0 Å². The quantitative estimate of drug-likeness (QED) is 0.488. The van der Waals surface area contributed by atoms with Gasteiger partial charge in [0.2, 0.25) is 6.10 Å². The van der Waals surface area contributed by atoms with Crippen LogP contribution in [-0.2, 0) is 19.1 Å². The average molecular weight is 399 g/mol. The lowest BCUT2D eigenvalue weighted by atomic mass is 10.1. The molecule has 1 atom stereocenters. The second kappa shape index (κ2) is 11.5. The minimum atomic E-state index is -1.19. The van der Waals surface area contributed by atoms with E-state index in [1.165, 1.54) is 7.11 Å². The molecule has 0 radical (unpaired) electrons. The highest BCUT2D eigenvalue weighted by molar-refractivity contribution is 5.96. The summed E-state index contributed by atoms with van der Waals surface area (Å²) in [4.78, 5) is 36.3. The minimum absolute atomic E-state index is 0.381. The number of amides is 1. The van der Waals surface area contributed by atoms with E-state index in [-0.39, 0.29) is 6.54 Å². The van der Waals surface area contributed by atoms with E-state index in [2.05, 4.69) is 12.2 Å². The SMILES string of the molecule is CCCCOc1ccc(C(=O)NCC(=O)OC(C(=O)OC)c2ccccc2)cc1. The fraction of sp³-hybridized carbons (Fsp3) is 0.318. The summed E-state index contributed by atoms with van der Waals surface area (Å²) in [6, 6.07) is 15.1.